The van der Waals surface area contributed by atoms with E-state index in [0.29, 0.717) is 6.61 Å². The van der Waals surface area contributed by atoms with Gasteiger partial charge in [0, 0.05) is 8.07 Å². The van der Waals surface area contributed by atoms with Crippen LogP contribution in [0.25, 0.3) is 0 Å². The highest BCUT2D eigenvalue weighted by molar-refractivity contribution is 6.76. The highest BCUT2D eigenvalue weighted by atomic mass is 28.3. The maximum Gasteiger partial charge on any atom is 0.351 e. The Labute approximate surface area is 91.3 Å². The molecule has 0 radical (unpaired) electrons. The lowest BCUT2D eigenvalue weighted by Crippen LogP contribution is -2.27. The van der Waals surface area contributed by atoms with Crippen LogP contribution in [0.4, 0.5) is 0 Å². The van der Waals surface area contributed by atoms with Gasteiger partial charge in [0.15, 0.2) is 0 Å². The smallest absolute Gasteiger partial charge is 0.351 e. The van der Waals surface area contributed by atoms with Crippen LogP contribution < -0.4 is 0 Å². The van der Waals surface area contributed by atoms with Crippen molar-refractivity contribution in [2.45, 2.75) is 31.8 Å². The predicted molar refractivity (Wildman–Crippen MR) is 60.2 cm³/mol. The summed E-state index contributed by atoms with van der Waals surface area (Å²) in [6, 6.07) is 0.893. The number of carbonyl (C=O) groups is 2. The fraction of sp³-hybridized carbons (Fsp3) is 0.600. The van der Waals surface area contributed by atoms with Crippen molar-refractivity contribution in [1.82, 2.24) is 0 Å². The van der Waals surface area contributed by atoms with E-state index in [9.17, 15) is 9.59 Å². The number of hydrogen-bond donors (Lipinski definition) is 0. The maximum atomic E-state index is 11.3. The highest BCUT2D eigenvalue weighted by Crippen LogP contribution is 2.08. The molecular formula is C10H18O4Si. The average Bonchev–Trinajstić information content (AvgIpc) is 2.11. The minimum Gasteiger partial charge on any atom is -0.463 e. The van der Waals surface area contributed by atoms with E-state index < -0.39 is 20.1 Å². The van der Waals surface area contributed by atoms with Crippen LogP contribution in [0.2, 0.25) is 25.7 Å². The third-order valence-electron chi connectivity index (χ3n) is 1.74. The van der Waals surface area contributed by atoms with Crippen molar-refractivity contribution in [3.05, 3.63) is 12.7 Å². The molecule has 4 nitrogen and oxygen atoms in total. The lowest BCUT2D eigenvalue weighted by atomic mass is 10.3. The van der Waals surface area contributed by atoms with Crippen LogP contribution in [0, 0.1) is 0 Å². The van der Waals surface area contributed by atoms with Crippen LogP contribution in [0.3, 0.4) is 0 Å². The molecule has 86 valence electrons. The zero-order chi connectivity index (χ0) is 11.9. The molecular weight excluding hydrogens is 212 g/mol. The Morgan fingerprint density at radius 2 is 2.07 bits per heavy atom. The summed E-state index contributed by atoms with van der Waals surface area (Å²) in [4.78, 5) is 21.3. The Balaban J connectivity index is 3.91. The molecule has 0 saturated carbocycles. The molecule has 1 unspecified atom stereocenters. The standard InChI is InChI=1S/C10H18O4Si/c1-5-9(14-8-11)10(12)13-6-7-15(2,3)4/h5,8-9H,1,6-7H2,2-4H3. The first-order valence-corrected chi connectivity index (χ1v) is 8.49. The summed E-state index contributed by atoms with van der Waals surface area (Å²) in [5.74, 6) is -0.560. The van der Waals surface area contributed by atoms with Gasteiger partial charge in [-0.05, 0) is 12.1 Å². The minimum atomic E-state index is -1.20. The van der Waals surface area contributed by atoms with Crippen LogP contribution in [0.15, 0.2) is 12.7 Å². The second kappa shape index (κ2) is 6.39. The Kier molecular flexibility index (Phi) is 5.92. The van der Waals surface area contributed by atoms with Crippen LogP contribution in [0.1, 0.15) is 0 Å². The normalized spacial score (nSPS) is 12.7. The third-order valence-corrected chi connectivity index (χ3v) is 3.45. The lowest BCUT2D eigenvalue weighted by Gasteiger charge is -2.16. The van der Waals surface area contributed by atoms with Crippen LogP contribution >= 0.6 is 0 Å². The molecule has 0 heterocycles. The van der Waals surface area contributed by atoms with Crippen LogP contribution in [-0.2, 0) is 19.1 Å². The van der Waals surface area contributed by atoms with Gasteiger partial charge in [-0.3, -0.25) is 4.79 Å². The second-order valence-electron chi connectivity index (χ2n) is 4.37. The summed E-state index contributed by atoms with van der Waals surface area (Å²) in [5, 5.41) is 0. The van der Waals surface area contributed by atoms with Gasteiger partial charge in [0.05, 0.1) is 6.61 Å². The van der Waals surface area contributed by atoms with Crippen molar-refractivity contribution >= 4 is 20.5 Å². The maximum absolute atomic E-state index is 11.3. The fourth-order valence-corrected chi connectivity index (χ4v) is 1.52. The quantitative estimate of drug-likeness (QED) is 0.288. The van der Waals surface area contributed by atoms with Gasteiger partial charge in [-0.1, -0.05) is 26.2 Å². The van der Waals surface area contributed by atoms with Crippen molar-refractivity contribution in [2.75, 3.05) is 6.61 Å². The Hall–Kier alpha value is -1.10. The van der Waals surface area contributed by atoms with Gasteiger partial charge in [-0.2, -0.15) is 0 Å². The van der Waals surface area contributed by atoms with Crippen molar-refractivity contribution in [3.8, 4) is 0 Å². The highest BCUT2D eigenvalue weighted by Gasteiger charge is 2.19. The van der Waals surface area contributed by atoms with Crippen molar-refractivity contribution in [3.63, 3.8) is 0 Å². The summed E-state index contributed by atoms with van der Waals surface area (Å²) in [5.41, 5.74) is 0. The Morgan fingerprint density at radius 1 is 1.47 bits per heavy atom. The first-order valence-electron chi connectivity index (χ1n) is 4.79. The Morgan fingerprint density at radius 3 is 2.47 bits per heavy atom. The van der Waals surface area contributed by atoms with E-state index in [-0.39, 0.29) is 6.47 Å². The molecule has 15 heavy (non-hydrogen) atoms. The van der Waals surface area contributed by atoms with E-state index in [0.717, 1.165) is 6.04 Å². The fourth-order valence-electron chi connectivity index (χ4n) is 0.807. The van der Waals surface area contributed by atoms with Crippen LogP contribution in [-0.4, -0.2) is 33.2 Å². The topological polar surface area (TPSA) is 52.6 Å². The van der Waals surface area contributed by atoms with E-state index in [1.807, 2.05) is 0 Å². The van der Waals surface area contributed by atoms with E-state index >= 15 is 0 Å². The number of esters is 1. The van der Waals surface area contributed by atoms with Gasteiger partial charge in [0.1, 0.15) is 0 Å². The molecule has 0 fully saturated rings. The lowest BCUT2D eigenvalue weighted by molar-refractivity contribution is -0.157. The van der Waals surface area contributed by atoms with Gasteiger partial charge in [-0.25, -0.2) is 4.79 Å². The second-order valence-corrected chi connectivity index (χ2v) is 9.99. The predicted octanol–water partition coefficient (Wildman–Crippen LogP) is 1.60. The molecule has 0 aliphatic heterocycles. The van der Waals surface area contributed by atoms with E-state index in [2.05, 4.69) is 31.0 Å². The van der Waals surface area contributed by atoms with Crippen molar-refractivity contribution in [2.24, 2.45) is 0 Å². The molecule has 0 aromatic rings. The number of carbonyl (C=O) groups excluding carboxylic acids is 2. The summed E-state index contributed by atoms with van der Waals surface area (Å²) in [6.45, 7) is 10.5. The molecule has 0 aromatic carbocycles. The summed E-state index contributed by atoms with van der Waals surface area (Å²) < 4.78 is 9.44. The SMILES string of the molecule is C=CC(OC=O)C(=O)OCC[Si](C)(C)C. The van der Waals surface area contributed by atoms with Gasteiger partial charge in [0.25, 0.3) is 6.47 Å². The number of hydrogen-bond acceptors (Lipinski definition) is 4. The van der Waals surface area contributed by atoms with Gasteiger partial charge >= 0.3 is 5.97 Å². The van der Waals surface area contributed by atoms with Crippen LogP contribution in [0.5, 0.6) is 0 Å². The molecule has 0 N–H and O–H groups in total. The Bertz CT molecular complexity index is 232. The first kappa shape index (κ1) is 13.9. The average molecular weight is 230 g/mol. The largest absolute Gasteiger partial charge is 0.463 e. The van der Waals surface area contributed by atoms with Gasteiger partial charge < -0.3 is 9.47 Å². The molecule has 0 amide bonds. The van der Waals surface area contributed by atoms with Gasteiger partial charge in [-0.15, -0.1) is 0 Å². The molecule has 0 spiro atoms. The zero-order valence-corrected chi connectivity index (χ0v) is 10.5. The molecule has 0 rings (SSSR count). The number of ether oxygens (including phenoxy) is 2. The minimum absolute atomic E-state index is 0.214. The van der Waals surface area contributed by atoms with Crippen molar-refractivity contribution < 1.29 is 19.1 Å². The monoisotopic (exact) mass is 230 g/mol. The summed E-state index contributed by atoms with van der Waals surface area (Å²) in [6.07, 6.45) is 0.259. The van der Waals surface area contributed by atoms with E-state index in [4.69, 9.17) is 4.74 Å². The first-order chi connectivity index (χ1) is 6.90. The summed E-state index contributed by atoms with van der Waals surface area (Å²) >= 11 is 0. The third kappa shape index (κ3) is 6.90. The summed E-state index contributed by atoms with van der Waals surface area (Å²) in [7, 11) is -1.20. The van der Waals surface area contributed by atoms with Gasteiger partial charge in [0.2, 0.25) is 6.10 Å². The zero-order valence-electron chi connectivity index (χ0n) is 9.49. The molecule has 0 aromatic heterocycles. The molecule has 0 aliphatic carbocycles. The molecule has 0 aliphatic rings. The number of rotatable bonds is 7. The van der Waals surface area contributed by atoms with Crippen molar-refractivity contribution in [1.29, 1.82) is 0 Å². The van der Waals surface area contributed by atoms with E-state index in [1.54, 1.807) is 0 Å². The molecule has 5 heteroatoms. The molecule has 0 saturated heterocycles. The van der Waals surface area contributed by atoms with E-state index in [1.165, 1.54) is 6.08 Å². The molecule has 0 bridgehead atoms. The molecule has 1 atom stereocenters.